The maximum atomic E-state index is 5.06. The van der Waals surface area contributed by atoms with E-state index in [0.717, 1.165) is 44.5 Å². The zero-order chi connectivity index (χ0) is 17.6. The van der Waals surface area contributed by atoms with E-state index in [4.69, 9.17) is 4.74 Å². The molecule has 1 aliphatic rings. The van der Waals surface area contributed by atoms with Crippen LogP contribution in [0.3, 0.4) is 0 Å². The van der Waals surface area contributed by atoms with E-state index in [1.54, 1.807) is 7.11 Å². The molecule has 25 heavy (non-hydrogen) atoms. The molecule has 0 amide bonds. The van der Waals surface area contributed by atoms with Crippen molar-refractivity contribution in [3.8, 4) is 0 Å². The van der Waals surface area contributed by atoms with E-state index < -0.39 is 0 Å². The van der Waals surface area contributed by atoms with E-state index in [0.29, 0.717) is 6.61 Å². The van der Waals surface area contributed by atoms with Crippen molar-refractivity contribution >= 4 is 17.5 Å². The second-order valence-corrected chi connectivity index (χ2v) is 6.35. The smallest absolute Gasteiger partial charge is 0.227 e. The number of anilines is 3. The van der Waals surface area contributed by atoms with E-state index >= 15 is 0 Å². The van der Waals surface area contributed by atoms with Crippen LogP contribution in [0.25, 0.3) is 0 Å². The van der Waals surface area contributed by atoms with Gasteiger partial charge in [-0.3, -0.25) is 0 Å². The molecule has 0 spiro atoms. The summed E-state index contributed by atoms with van der Waals surface area (Å²) in [4.78, 5) is 13.8. The molecule has 0 unspecified atom stereocenters. The summed E-state index contributed by atoms with van der Waals surface area (Å²) in [6.45, 7) is 9.59. The van der Waals surface area contributed by atoms with Crippen LogP contribution >= 0.6 is 0 Å². The number of aryl methyl sites for hydroxylation is 1. The third-order valence-electron chi connectivity index (χ3n) is 4.73. The summed E-state index contributed by atoms with van der Waals surface area (Å²) in [6.07, 6.45) is 1.81. The van der Waals surface area contributed by atoms with E-state index in [-0.39, 0.29) is 0 Å². The second kappa shape index (κ2) is 8.16. The largest absolute Gasteiger partial charge is 0.383 e. The van der Waals surface area contributed by atoms with Crippen LogP contribution in [0.4, 0.5) is 17.5 Å². The van der Waals surface area contributed by atoms with E-state index in [2.05, 4.69) is 57.1 Å². The van der Waals surface area contributed by atoms with Gasteiger partial charge in [0.2, 0.25) is 5.95 Å². The number of nitrogens with one attached hydrogen (secondary N) is 1. The quantitative estimate of drug-likeness (QED) is 0.815. The number of piperazine rings is 1. The third kappa shape index (κ3) is 4.20. The maximum Gasteiger partial charge on any atom is 0.227 e. The SMILES string of the molecule is COCCNc1ccnc(N2CCN(c3cccc(C)c3C)CC2)n1. The van der Waals surface area contributed by atoms with E-state index in [1.165, 1.54) is 16.8 Å². The minimum atomic E-state index is 0.661. The summed E-state index contributed by atoms with van der Waals surface area (Å²) < 4.78 is 5.06. The molecule has 0 aliphatic carbocycles. The number of hydrogen-bond donors (Lipinski definition) is 1. The van der Waals surface area contributed by atoms with Gasteiger partial charge in [-0.05, 0) is 37.1 Å². The summed E-state index contributed by atoms with van der Waals surface area (Å²) in [5, 5.41) is 3.26. The molecule has 1 N–H and O–H groups in total. The first-order valence-corrected chi connectivity index (χ1v) is 8.81. The fourth-order valence-corrected chi connectivity index (χ4v) is 3.11. The molecule has 0 atom stereocenters. The minimum Gasteiger partial charge on any atom is -0.383 e. The number of methoxy groups -OCH3 is 1. The average Bonchev–Trinajstić information content (AvgIpc) is 2.65. The van der Waals surface area contributed by atoms with Crippen molar-refractivity contribution in [1.29, 1.82) is 0 Å². The van der Waals surface area contributed by atoms with Crippen LogP contribution in [0.1, 0.15) is 11.1 Å². The molecule has 134 valence electrons. The molecule has 1 fully saturated rings. The van der Waals surface area contributed by atoms with Crippen LogP contribution in [0.5, 0.6) is 0 Å². The topological polar surface area (TPSA) is 53.5 Å². The van der Waals surface area contributed by atoms with E-state index in [1.807, 2.05) is 12.3 Å². The highest BCUT2D eigenvalue weighted by molar-refractivity contribution is 5.57. The van der Waals surface area contributed by atoms with Crippen LogP contribution in [0.2, 0.25) is 0 Å². The Bertz CT molecular complexity index is 698. The van der Waals surface area contributed by atoms with Crippen LogP contribution in [0.15, 0.2) is 30.5 Å². The van der Waals surface area contributed by atoms with Gasteiger partial charge in [0.25, 0.3) is 0 Å². The van der Waals surface area contributed by atoms with Crippen molar-refractivity contribution in [2.75, 3.05) is 61.6 Å². The molecular weight excluding hydrogens is 314 g/mol. The summed E-state index contributed by atoms with van der Waals surface area (Å²) in [6, 6.07) is 8.42. The van der Waals surface area contributed by atoms with Crippen LogP contribution in [-0.2, 0) is 4.74 Å². The third-order valence-corrected chi connectivity index (χ3v) is 4.73. The normalized spacial score (nSPS) is 14.7. The summed E-state index contributed by atoms with van der Waals surface area (Å²) in [5.74, 6) is 1.64. The maximum absolute atomic E-state index is 5.06. The molecule has 6 nitrogen and oxygen atoms in total. The second-order valence-electron chi connectivity index (χ2n) is 6.35. The molecule has 0 radical (unpaired) electrons. The van der Waals surface area contributed by atoms with Crippen molar-refractivity contribution in [3.63, 3.8) is 0 Å². The molecule has 1 saturated heterocycles. The predicted octanol–water partition coefficient (Wildman–Crippen LogP) is 2.48. The number of aromatic nitrogens is 2. The summed E-state index contributed by atoms with van der Waals surface area (Å²) >= 11 is 0. The van der Waals surface area contributed by atoms with Crippen LogP contribution in [0, 0.1) is 13.8 Å². The van der Waals surface area contributed by atoms with Gasteiger partial charge in [0, 0.05) is 51.7 Å². The Balaban J connectivity index is 1.62. The number of rotatable bonds is 6. The fourth-order valence-electron chi connectivity index (χ4n) is 3.11. The first kappa shape index (κ1) is 17.5. The molecule has 0 bridgehead atoms. The molecule has 3 rings (SSSR count). The number of hydrogen-bond acceptors (Lipinski definition) is 6. The van der Waals surface area contributed by atoms with Gasteiger partial charge in [0.05, 0.1) is 6.61 Å². The first-order chi connectivity index (χ1) is 12.2. The lowest BCUT2D eigenvalue weighted by Crippen LogP contribution is -2.47. The lowest BCUT2D eigenvalue weighted by atomic mass is 10.1. The minimum absolute atomic E-state index is 0.661. The zero-order valence-corrected chi connectivity index (χ0v) is 15.3. The van der Waals surface area contributed by atoms with Gasteiger partial charge in [0.15, 0.2) is 0 Å². The zero-order valence-electron chi connectivity index (χ0n) is 15.3. The number of benzene rings is 1. The Morgan fingerprint density at radius 1 is 1.08 bits per heavy atom. The van der Waals surface area contributed by atoms with Crippen molar-refractivity contribution in [3.05, 3.63) is 41.6 Å². The number of ether oxygens (including phenoxy) is 1. The standard InChI is InChI=1S/C19H27N5O/c1-15-5-4-6-17(16(15)2)23-10-12-24(13-11-23)19-21-8-7-18(22-19)20-9-14-25-3/h4-8H,9-14H2,1-3H3,(H,20,21,22). The first-order valence-electron chi connectivity index (χ1n) is 8.81. The highest BCUT2D eigenvalue weighted by Gasteiger charge is 2.20. The fraction of sp³-hybridized carbons (Fsp3) is 0.474. The van der Waals surface area contributed by atoms with E-state index in [9.17, 15) is 0 Å². The Morgan fingerprint density at radius 3 is 2.60 bits per heavy atom. The molecule has 2 aromatic rings. The lowest BCUT2D eigenvalue weighted by Gasteiger charge is -2.37. The van der Waals surface area contributed by atoms with Crippen LogP contribution < -0.4 is 15.1 Å². The Morgan fingerprint density at radius 2 is 1.84 bits per heavy atom. The highest BCUT2D eigenvalue weighted by Crippen LogP contribution is 2.24. The Kier molecular flexibility index (Phi) is 5.71. The van der Waals surface area contributed by atoms with Gasteiger partial charge in [0.1, 0.15) is 5.82 Å². The van der Waals surface area contributed by atoms with Gasteiger partial charge >= 0.3 is 0 Å². The molecular formula is C19H27N5O. The number of nitrogens with zero attached hydrogens (tertiary/aromatic N) is 4. The molecule has 6 heteroatoms. The molecule has 1 aliphatic heterocycles. The lowest BCUT2D eigenvalue weighted by molar-refractivity contribution is 0.210. The molecule has 1 aromatic carbocycles. The average molecular weight is 341 g/mol. The van der Waals surface area contributed by atoms with Gasteiger partial charge in [-0.1, -0.05) is 12.1 Å². The molecule has 0 saturated carbocycles. The van der Waals surface area contributed by atoms with Crippen molar-refractivity contribution in [2.45, 2.75) is 13.8 Å². The highest BCUT2D eigenvalue weighted by atomic mass is 16.5. The molecule has 1 aromatic heterocycles. The summed E-state index contributed by atoms with van der Waals surface area (Å²) in [7, 11) is 1.70. The van der Waals surface area contributed by atoms with Gasteiger partial charge in [-0.2, -0.15) is 4.98 Å². The van der Waals surface area contributed by atoms with Crippen molar-refractivity contribution < 1.29 is 4.74 Å². The Hall–Kier alpha value is -2.34. The van der Waals surface area contributed by atoms with Crippen molar-refractivity contribution in [2.24, 2.45) is 0 Å². The van der Waals surface area contributed by atoms with Crippen molar-refractivity contribution in [1.82, 2.24) is 9.97 Å². The monoisotopic (exact) mass is 341 g/mol. The van der Waals surface area contributed by atoms with Gasteiger partial charge < -0.3 is 19.9 Å². The summed E-state index contributed by atoms with van der Waals surface area (Å²) in [5.41, 5.74) is 4.06. The predicted molar refractivity (Wildman–Crippen MR) is 103 cm³/mol. The van der Waals surface area contributed by atoms with Gasteiger partial charge in [-0.15, -0.1) is 0 Å². The molecule has 2 heterocycles. The van der Waals surface area contributed by atoms with Gasteiger partial charge in [-0.25, -0.2) is 4.98 Å². The van der Waals surface area contributed by atoms with Crippen LogP contribution in [-0.4, -0.2) is 56.4 Å². The Labute approximate surface area is 149 Å².